The first-order valence-electron chi connectivity index (χ1n) is 6.89. The van der Waals surface area contributed by atoms with E-state index in [9.17, 15) is 13.2 Å². The standard InChI is InChI=1S/C14H18F3N3/c15-14(16,17)11-4-2-1-3-9(11)13-10-7-8(18)5-6-12(10)19-20-13/h1-4,8,10,12-13,19-20H,5-7,18H2. The zero-order valence-electron chi connectivity index (χ0n) is 11.0. The van der Waals surface area contributed by atoms with Crippen LogP contribution >= 0.6 is 0 Å². The maximum absolute atomic E-state index is 13.1. The number of fused-ring (bicyclic) bond motifs is 1. The van der Waals surface area contributed by atoms with E-state index in [-0.39, 0.29) is 24.0 Å². The summed E-state index contributed by atoms with van der Waals surface area (Å²) in [5, 5.41) is 0. The summed E-state index contributed by atoms with van der Waals surface area (Å²) >= 11 is 0. The highest BCUT2D eigenvalue weighted by Crippen LogP contribution is 2.42. The first-order chi connectivity index (χ1) is 9.47. The van der Waals surface area contributed by atoms with Gasteiger partial charge in [0, 0.05) is 12.1 Å². The van der Waals surface area contributed by atoms with Crippen molar-refractivity contribution in [2.75, 3.05) is 0 Å². The average molecular weight is 285 g/mol. The average Bonchev–Trinajstić information content (AvgIpc) is 2.80. The van der Waals surface area contributed by atoms with Crippen LogP contribution in [0.1, 0.15) is 36.4 Å². The summed E-state index contributed by atoms with van der Waals surface area (Å²) in [6.07, 6.45) is -1.75. The molecule has 0 bridgehead atoms. The lowest BCUT2D eigenvalue weighted by atomic mass is 9.77. The number of alkyl halides is 3. The van der Waals surface area contributed by atoms with Crippen LogP contribution in [-0.4, -0.2) is 12.1 Å². The molecule has 2 aliphatic rings. The minimum Gasteiger partial charge on any atom is -0.328 e. The molecule has 1 aliphatic heterocycles. The predicted molar refractivity (Wildman–Crippen MR) is 69.6 cm³/mol. The number of nitrogens with one attached hydrogen (secondary N) is 2. The molecule has 1 aromatic rings. The first-order valence-corrected chi connectivity index (χ1v) is 6.89. The van der Waals surface area contributed by atoms with E-state index in [2.05, 4.69) is 10.9 Å². The summed E-state index contributed by atoms with van der Waals surface area (Å²) in [6.45, 7) is 0. The normalized spacial score (nSPS) is 34.0. The number of hydrogen-bond acceptors (Lipinski definition) is 3. The van der Waals surface area contributed by atoms with Crippen molar-refractivity contribution in [2.24, 2.45) is 11.7 Å². The van der Waals surface area contributed by atoms with Crippen LogP contribution in [-0.2, 0) is 6.18 Å². The molecule has 1 aliphatic carbocycles. The predicted octanol–water partition coefficient (Wildman–Crippen LogP) is 2.35. The molecule has 0 radical (unpaired) electrons. The van der Waals surface area contributed by atoms with Crippen LogP contribution in [0.3, 0.4) is 0 Å². The summed E-state index contributed by atoms with van der Waals surface area (Å²) in [7, 11) is 0. The molecule has 6 heteroatoms. The van der Waals surface area contributed by atoms with Crippen LogP contribution in [0.15, 0.2) is 24.3 Å². The largest absolute Gasteiger partial charge is 0.416 e. The third-order valence-corrected chi connectivity index (χ3v) is 4.39. The van der Waals surface area contributed by atoms with Gasteiger partial charge < -0.3 is 5.73 Å². The molecule has 1 saturated heterocycles. The molecule has 2 fully saturated rings. The van der Waals surface area contributed by atoms with Gasteiger partial charge in [-0.3, -0.25) is 5.43 Å². The van der Waals surface area contributed by atoms with Crippen LogP contribution in [0.25, 0.3) is 0 Å². The van der Waals surface area contributed by atoms with Gasteiger partial charge in [0.1, 0.15) is 0 Å². The van der Waals surface area contributed by atoms with E-state index >= 15 is 0 Å². The van der Waals surface area contributed by atoms with E-state index in [0.717, 1.165) is 25.3 Å². The Balaban J connectivity index is 1.93. The Hall–Kier alpha value is -1.11. The zero-order valence-corrected chi connectivity index (χ0v) is 11.0. The van der Waals surface area contributed by atoms with Crippen LogP contribution in [0.5, 0.6) is 0 Å². The summed E-state index contributed by atoms with van der Waals surface area (Å²) < 4.78 is 39.4. The Labute approximate surface area is 115 Å². The second-order valence-corrected chi connectivity index (χ2v) is 5.69. The van der Waals surface area contributed by atoms with Gasteiger partial charge in [-0.1, -0.05) is 18.2 Å². The molecule has 1 heterocycles. The summed E-state index contributed by atoms with van der Waals surface area (Å²) in [6, 6.07) is 5.75. The fourth-order valence-corrected chi connectivity index (χ4v) is 3.43. The molecule has 0 aromatic heterocycles. The van der Waals surface area contributed by atoms with Crippen molar-refractivity contribution in [3.8, 4) is 0 Å². The quantitative estimate of drug-likeness (QED) is 0.742. The molecule has 4 unspecified atom stereocenters. The third kappa shape index (κ3) is 2.43. The van der Waals surface area contributed by atoms with Crippen LogP contribution in [0.4, 0.5) is 13.2 Å². The summed E-state index contributed by atoms with van der Waals surface area (Å²) in [5.74, 6) is 0.113. The molecular formula is C14H18F3N3. The smallest absolute Gasteiger partial charge is 0.328 e. The fourth-order valence-electron chi connectivity index (χ4n) is 3.43. The molecule has 1 saturated carbocycles. The van der Waals surface area contributed by atoms with Crippen molar-refractivity contribution in [1.82, 2.24) is 10.9 Å². The van der Waals surface area contributed by atoms with Crippen molar-refractivity contribution in [3.63, 3.8) is 0 Å². The van der Waals surface area contributed by atoms with E-state index < -0.39 is 11.7 Å². The van der Waals surface area contributed by atoms with E-state index in [1.165, 1.54) is 6.07 Å². The topological polar surface area (TPSA) is 50.1 Å². The Kier molecular flexibility index (Phi) is 3.48. The molecule has 0 spiro atoms. The highest BCUT2D eigenvalue weighted by molar-refractivity contribution is 5.34. The van der Waals surface area contributed by atoms with Gasteiger partial charge in [0.2, 0.25) is 0 Å². The van der Waals surface area contributed by atoms with Crippen molar-refractivity contribution >= 4 is 0 Å². The minimum absolute atomic E-state index is 0.0819. The molecule has 1 aromatic carbocycles. The SMILES string of the molecule is NC1CCC2NNC(c3ccccc3C(F)(F)F)C2C1. The summed E-state index contributed by atoms with van der Waals surface area (Å²) in [5.41, 5.74) is 11.9. The molecule has 3 nitrogen and oxygen atoms in total. The zero-order chi connectivity index (χ0) is 14.3. The van der Waals surface area contributed by atoms with Crippen LogP contribution < -0.4 is 16.6 Å². The molecule has 20 heavy (non-hydrogen) atoms. The number of hydrazine groups is 1. The second kappa shape index (κ2) is 5.02. The monoisotopic (exact) mass is 285 g/mol. The van der Waals surface area contributed by atoms with E-state index in [0.29, 0.717) is 5.56 Å². The number of benzene rings is 1. The van der Waals surface area contributed by atoms with Gasteiger partial charge in [-0.2, -0.15) is 13.2 Å². The van der Waals surface area contributed by atoms with Crippen LogP contribution in [0, 0.1) is 5.92 Å². The fraction of sp³-hybridized carbons (Fsp3) is 0.571. The van der Waals surface area contributed by atoms with Gasteiger partial charge in [0.05, 0.1) is 11.6 Å². The van der Waals surface area contributed by atoms with Crippen molar-refractivity contribution in [2.45, 2.75) is 43.6 Å². The van der Waals surface area contributed by atoms with Crippen LogP contribution in [0.2, 0.25) is 0 Å². The minimum atomic E-state index is -4.33. The van der Waals surface area contributed by atoms with E-state index in [1.807, 2.05) is 0 Å². The molecule has 3 rings (SSSR count). The van der Waals surface area contributed by atoms with Gasteiger partial charge >= 0.3 is 6.18 Å². The van der Waals surface area contributed by atoms with Crippen molar-refractivity contribution in [1.29, 1.82) is 0 Å². The highest BCUT2D eigenvalue weighted by Gasteiger charge is 2.43. The van der Waals surface area contributed by atoms with E-state index in [1.54, 1.807) is 12.1 Å². The molecule has 0 amide bonds. The lowest BCUT2D eigenvalue weighted by Crippen LogP contribution is -2.39. The molecule has 4 N–H and O–H groups in total. The Morgan fingerprint density at radius 2 is 1.85 bits per heavy atom. The van der Waals surface area contributed by atoms with Gasteiger partial charge in [-0.05, 0) is 36.8 Å². The Morgan fingerprint density at radius 1 is 1.10 bits per heavy atom. The number of halogens is 3. The third-order valence-electron chi connectivity index (χ3n) is 4.39. The second-order valence-electron chi connectivity index (χ2n) is 5.69. The lowest BCUT2D eigenvalue weighted by Gasteiger charge is -2.32. The maximum Gasteiger partial charge on any atom is 0.416 e. The van der Waals surface area contributed by atoms with Gasteiger partial charge in [0.15, 0.2) is 0 Å². The maximum atomic E-state index is 13.1. The van der Waals surface area contributed by atoms with Gasteiger partial charge in [-0.15, -0.1) is 0 Å². The number of rotatable bonds is 1. The van der Waals surface area contributed by atoms with Crippen molar-refractivity contribution in [3.05, 3.63) is 35.4 Å². The molecular weight excluding hydrogens is 267 g/mol. The highest BCUT2D eigenvalue weighted by atomic mass is 19.4. The summed E-state index contributed by atoms with van der Waals surface area (Å²) in [4.78, 5) is 0. The van der Waals surface area contributed by atoms with E-state index in [4.69, 9.17) is 5.73 Å². The van der Waals surface area contributed by atoms with Gasteiger partial charge in [0.25, 0.3) is 0 Å². The number of hydrogen-bond donors (Lipinski definition) is 3. The molecule has 4 atom stereocenters. The van der Waals surface area contributed by atoms with Gasteiger partial charge in [-0.25, -0.2) is 5.43 Å². The molecule has 110 valence electrons. The Morgan fingerprint density at radius 3 is 2.60 bits per heavy atom. The lowest BCUT2D eigenvalue weighted by molar-refractivity contribution is -0.138. The first kappa shape index (κ1) is 13.9. The number of nitrogens with two attached hydrogens (primary N) is 1. The Bertz CT molecular complexity index is 489. The van der Waals surface area contributed by atoms with Crippen molar-refractivity contribution < 1.29 is 13.2 Å².